The van der Waals surface area contributed by atoms with Crippen LogP contribution in [-0.4, -0.2) is 43.5 Å². The maximum absolute atomic E-state index is 12.7. The highest BCUT2D eigenvalue weighted by atomic mass is 35.5. The molecule has 0 saturated carbocycles. The van der Waals surface area contributed by atoms with Crippen LogP contribution in [0.3, 0.4) is 0 Å². The second kappa shape index (κ2) is 5.80. The molecule has 2 fully saturated rings. The Hall–Kier alpha value is -1.75. The number of methoxy groups -OCH3 is 1. The molecule has 0 aromatic heterocycles. The molecule has 1 N–H and O–H groups in total. The standard InChI is InChI=1S/C16H19ClN2O3/c1-22-13-8-11(7-12(17)9-13)14(20)19-6-4-16(10-19)3-2-5-18-15(16)21/h7-9H,2-6,10H2,1H3,(H,18,21)/t16-/m1/s1. The largest absolute Gasteiger partial charge is 0.497 e. The summed E-state index contributed by atoms with van der Waals surface area (Å²) < 4.78 is 5.16. The van der Waals surface area contributed by atoms with Gasteiger partial charge in [-0.05, 0) is 37.5 Å². The zero-order valence-electron chi connectivity index (χ0n) is 12.5. The number of piperidine rings is 1. The molecule has 0 aliphatic carbocycles. The second-order valence-electron chi connectivity index (χ2n) is 6.00. The molecule has 0 unspecified atom stereocenters. The van der Waals surface area contributed by atoms with Crippen molar-refractivity contribution in [1.29, 1.82) is 0 Å². The number of amides is 2. The van der Waals surface area contributed by atoms with Crippen molar-refractivity contribution in [3.05, 3.63) is 28.8 Å². The van der Waals surface area contributed by atoms with Gasteiger partial charge in [0.15, 0.2) is 0 Å². The molecule has 22 heavy (non-hydrogen) atoms. The number of nitrogens with one attached hydrogen (secondary N) is 1. The fourth-order valence-electron chi connectivity index (χ4n) is 3.35. The second-order valence-corrected chi connectivity index (χ2v) is 6.43. The summed E-state index contributed by atoms with van der Waals surface area (Å²) in [4.78, 5) is 26.6. The molecule has 5 nitrogen and oxygen atoms in total. The Kier molecular flexibility index (Phi) is 4.00. The number of hydrogen-bond acceptors (Lipinski definition) is 3. The van der Waals surface area contributed by atoms with Crippen molar-refractivity contribution in [2.45, 2.75) is 19.3 Å². The van der Waals surface area contributed by atoms with Crippen LogP contribution >= 0.6 is 11.6 Å². The van der Waals surface area contributed by atoms with Gasteiger partial charge in [0.2, 0.25) is 5.91 Å². The first-order valence-electron chi connectivity index (χ1n) is 7.46. The maximum Gasteiger partial charge on any atom is 0.254 e. The molecule has 2 heterocycles. The SMILES string of the molecule is COc1cc(Cl)cc(C(=O)N2CC[C@]3(CCCNC3=O)C2)c1. The lowest BCUT2D eigenvalue weighted by Crippen LogP contribution is -2.47. The molecular formula is C16H19ClN2O3. The Morgan fingerprint density at radius 3 is 2.91 bits per heavy atom. The maximum atomic E-state index is 12.7. The summed E-state index contributed by atoms with van der Waals surface area (Å²) in [5, 5.41) is 3.39. The number of carbonyl (C=O) groups is 2. The van der Waals surface area contributed by atoms with E-state index >= 15 is 0 Å². The van der Waals surface area contributed by atoms with Gasteiger partial charge >= 0.3 is 0 Å². The van der Waals surface area contributed by atoms with Crippen LogP contribution < -0.4 is 10.1 Å². The van der Waals surface area contributed by atoms with Gasteiger partial charge in [0.05, 0.1) is 12.5 Å². The lowest BCUT2D eigenvalue weighted by Gasteiger charge is -2.32. The normalized spacial score (nSPS) is 24.5. The van der Waals surface area contributed by atoms with Gasteiger partial charge in [-0.15, -0.1) is 0 Å². The van der Waals surface area contributed by atoms with Crippen LogP contribution in [0.5, 0.6) is 5.75 Å². The average Bonchev–Trinajstić information content (AvgIpc) is 2.94. The van der Waals surface area contributed by atoms with E-state index in [1.807, 2.05) is 0 Å². The Labute approximate surface area is 134 Å². The van der Waals surface area contributed by atoms with Crippen molar-refractivity contribution in [3.8, 4) is 5.75 Å². The first kappa shape index (κ1) is 15.2. The predicted molar refractivity (Wildman–Crippen MR) is 83.2 cm³/mol. The van der Waals surface area contributed by atoms with Crippen molar-refractivity contribution in [1.82, 2.24) is 10.2 Å². The third-order valence-electron chi connectivity index (χ3n) is 4.59. The molecule has 3 rings (SSSR count). The van der Waals surface area contributed by atoms with E-state index in [9.17, 15) is 9.59 Å². The van der Waals surface area contributed by atoms with Gasteiger partial charge in [0, 0.05) is 30.2 Å². The van der Waals surface area contributed by atoms with Crippen LogP contribution in [0.15, 0.2) is 18.2 Å². The lowest BCUT2D eigenvalue weighted by atomic mass is 9.79. The van der Waals surface area contributed by atoms with E-state index in [-0.39, 0.29) is 11.8 Å². The molecule has 118 valence electrons. The molecule has 2 aliphatic heterocycles. The summed E-state index contributed by atoms with van der Waals surface area (Å²) in [6, 6.07) is 4.98. The zero-order chi connectivity index (χ0) is 15.7. The van der Waals surface area contributed by atoms with Gasteiger partial charge in [-0.25, -0.2) is 0 Å². The monoisotopic (exact) mass is 322 g/mol. The molecule has 1 atom stereocenters. The molecule has 6 heteroatoms. The van der Waals surface area contributed by atoms with E-state index in [1.165, 1.54) is 7.11 Å². The quantitative estimate of drug-likeness (QED) is 0.907. The third kappa shape index (κ3) is 2.65. The Bertz CT molecular complexity index is 619. The minimum absolute atomic E-state index is 0.0812. The van der Waals surface area contributed by atoms with Gasteiger partial charge in [0.25, 0.3) is 5.91 Å². The Balaban J connectivity index is 1.79. The number of rotatable bonds is 2. The molecule has 2 saturated heterocycles. The van der Waals surface area contributed by atoms with Gasteiger partial charge in [-0.3, -0.25) is 9.59 Å². The van der Waals surface area contributed by atoms with Crippen LogP contribution in [0, 0.1) is 5.41 Å². The Morgan fingerprint density at radius 2 is 2.18 bits per heavy atom. The summed E-state index contributed by atoms with van der Waals surface area (Å²) in [6.07, 6.45) is 2.54. The van der Waals surface area contributed by atoms with E-state index in [0.717, 1.165) is 25.8 Å². The number of benzene rings is 1. The zero-order valence-corrected chi connectivity index (χ0v) is 13.3. The third-order valence-corrected chi connectivity index (χ3v) is 4.81. The molecule has 2 amide bonds. The highest BCUT2D eigenvalue weighted by Crippen LogP contribution is 2.38. The highest BCUT2D eigenvalue weighted by molar-refractivity contribution is 6.31. The summed E-state index contributed by atoms with van der Waals surface area (Å²) in [7, 11) is 1.54. The molecule has 1 aromatic carbocycles. The molecule has 1 spiro atoms. The van der Waals surface area contributed by atoms with Gasteiger partial charge in [-0.2, -0.15) is 0 Å². The highest BCUT2D eigenvalue weighted by Gasteiger charge is 2.46. The van der Waals surface area contributed by atoms with E-state index in [0.29, 0.717) is 29.4 Å². The fraction of sp³-hybridized carbons (Fsp3) is 0.500. The smallest absolute Gasteiger partial charge is 0.254 e. The summed E-state index contributed by atoms with van der Waals surface area (Å²) in [5.74, 6) is 0.536. The number of hydrogen-bond donors (Lipinski definition) is 1. The molecule has 0 bridgehead atoms. The van der Waals surface area contributed by atoms with Crippen molar-refractivity contribution in [2.24, 2.45) is 5.41 Å². The van der Waals surface area contributed by atoms with Crippen LogP contribution in [0.1, 0.15) is 29.6 Å². The number of likely N-dealkylation sites (tertiary alicyclic amines) is 1. The lowest BCUT2D eigenvalue weighted by molar-refractivity contribution is -0.132. The summed E-state index contributed by atoms with van der Waals surface area (Å²) in [5.41, 5.74) is 0.0916. The topological polar surface area (TPSA) is 58.6 Å². The van der Waals surface area contributed by atoms with Crippen LogP contribution in [0.25, 0.3) is 0 Å². The molecule has 2 aliphatic rings. The van der Waals surface area contributed by atoms with Crippen LogP contribution in [-0.2, 0) is 4.79 Å². The number of carbonyl (C=O) groups excluding carboxylic acids is 2. The van der Waals surface area contributed by atoms with Crippen LogP contribution in [0.2, 0.25) is 5.02 Å². The number of ether oxygens (including phenoxy) is 1. The predicted octanol–water partition coefficient (Wildman–Crippen LogP) is 2.09. The van der Waals surface area contributed by atoms with Crippen LogP contribution in [0.4, 0.5) is 0 Å². The van der Waals surface area contributed by atoms with Crippen molar-refractivity contribution >= 4 is 23.4 Å². The minimum Gasteiger partial charge on any atom is -0.497 e. The average molecular weight is 323 g/mol. The van der Waals surface area contributed by atoms with E-state index in [2.05, 4.69) is 5.32 Å². The first-order valence-corrected chi connectivity index (χ1v) is 7.84. The van der Waals surface area contributed by atoms with Crippen molar-refractivity contribution < 1.29 is 14.3 Å². The van der Waals surface area contributed by atoms with E-state index in [1.54, 1.807) is 23.1 Å². The Morgan fingerprint density at radius 1 is 1.36 bits per heavy atom. The fourth-order valence-corrected chi connectivity index (χ4v) is 3.58. The molecular weight excluding hydrogens is 304 g/mol. The number of halogens is 1. The van der Waals surface area contributed by atoms with Gasteiger partial charge < -0.3 is 15.0 Å². The first-order chi connectivity index (χ1) is 10.5. The number of nitrogens with zero attached hydrogens (tertiary/aromatic N) is 1. The van der Waals surface area contributed by atoms with Gasteiger partial charge in [-0.1, -0.05) is 11.6 Å². The van der Waals surface area contributed by atoms with E-state index in [4.69, 9.17) is 16.3 Å². The van der Waals surface area contributed by atoms with Gasteiger partial charge in [0.1, 0.15) is 5.75 Å². The molecule has 1 aromatic rings. The summed E-state index contributed by atoms with van der Waals surface area (Å²) >= 11 is 6.03. The van der Waals surface area contributed by atoms with Crippen molar-refractivity contribution in [3.63, 3.8) is 0 Å². The van der Waals surface area contributed by atoms with E-state index < -0.39 is 5.41 Å². The summed E-state index contributed by atoms with van der Waals surface area (Å²) in [6.45, 7) is 1.81. The molecule has 0 radical (unpaired) electrons. The minimum atomic E-state index is -0.406. The van der Waals surface area contributed by atoms with Crippen molar-refractivity contribution in [2.75, 3.05) is 26.7 Å².